The van der Waals surface area contributed by atoms with Crippen molar-refractivity contribution < 1.29 is 15.0 Å². The van der Waals surface area contributed by atoms with Crippen LogP contribution in [0.4, 0.5) is 0 Å². The second-order valence-corrected chi connectivity index (χ2v) is 5.47. The molecule has 2 N–H and O–H groups in total. The van der Waals surface area contributed by atoms with Crippen LogP contribution in [0.15, 0.2) is 0 Å². The molecule has 2 heterocycles. The van der Waals surface area contributed by atoms with Crippen LogP contribution < -0.4 is 0 Å². The van der Waals surface area contributed by atoms with Crippen LogP contribution in [0.2, 0.25) is 0 Å². The molecular formula is C13H23NO3. The summed E-state index contributed by atoms with van der Waals surface area (Å²) in [5, 5.41) is 20.2. The van der Waals surface area contributed by atoms with E-state index in [9.17, 15) is 15.0 Å². The minimum Gasteiger partial charge on any atom is -0.481 e. The van der Waals surface area contributed by atoms with Gasteiger partial charge in [-0.25, -0.2) is 0 Å². The third-order valence-electron chi connectivity index (χ3n) is 4.49. The maximum Gasteiger partial charge on any atom is 0.309 e. The molecule has 0 aromatic carbocycles. The van der Waals surface area contributed by atoms with Crippen LogP contribution in [0.1, 0.15) is 45.4 Å². The van der Waals surface area contributed by atoms with Gasteiger partial charge in [0.15, 0.2) is 0 Å². The van der Waals surface area contributed by atoms with Gasteiger partial charge in [0.2, 0.25) is 0 Å². The van der Waals surface area contributed by atoms with Gasteiger partial charge in [-0.1, -0.05) is 19.8 Å². The zero-order chi connectivity index (χ0) is 12.5. The largest absolute Gasteiger partial charge is 0.481 e. The lowest BCUT2D eigenvalue weighted by Crippen LogP contribution is -2.50. The van der Waals surface area contributed by atoms with E-state index in [-0.39, 0.29) is 6.04 Å². The third kappa shape index (κ3) is 2.20. The molecule has 0 spiro atoms. The molecule has 0 amide bonds. The minimum atomic E-state index is -0.989. The first kappa shape index (κ1) is 12.8. The molecule has 2 saturated heterocycles. The highest BCUT2D eigenvalue weighted by Gasteiger charge is 2.54. The Labute approximate surface area is 103 Å². The topological polar surface area (TPSA) is 60.8 Å². The predicted octanol–water partition coefficient (Wildman–Crippen LogP) is 1.48. The fourth-order valence-corrected chi connectivity index (χ4v) is 3.55. The van der Waals surface area contributed by atoms with Crippen LogP contribution in [0.25, 0.3) is 0 Å². The molecule has 0 aromatic heterocycles. The van der Waals surface area contributed by atoms with Crippen molar-refractivity contribution in [3.63, 3.8) is 0 Å². The average molecular weight is 241 g/mol. The Morgan fingerprint density at radius 3 is 2.94 bits per heavy atom. The first-order valence-corrected chi connectivity index (χ1v) is 6.79. The zero-order valence-corrected chi connectivity index (χ0v) is 10.6. The van der Waals surface area contributed by atoms with Gasteiger partial charge in [0.05, 0.1) is 11.5 Å². The van der Waals surface area contributed by atoms with E-state index >= 15 is 0 Å². The zero-order valence-electron chi connectivity index (χ0n) is 10.6. The maximum absolute atomic E-state index is 11.4. The second-order valence-electron chi connectivity index (χ2n) is 5.47. The highest BCUT2D eigenvalue weighted by atomic mass is 16.4. The summed E-state index contributed by atoms with van der Waals surface area (Å²) in [5.74, 6) is -1.41. The molecule has 4 nitrogen and oxygen atoms in total. The molecule has 0 aromatic rings. The van der Waals surface area contributed by atoms with Crippen LogP contribution in [0.3, 0.4) is 0 Å². The summed E-state index contributed by atoms with van der Waals surface area (Å²) < 4.78 is 0. The summed E-state index contributed by atoms with van der Waals surface area (Å²) in [5.41, 5.74) is -0.989. The lowest BCUT2D eigenvalue weighted by atomic mass is 9.77. The molecular weight excluding hydrogens is 218 g/mol. The first-order chi connectivity index (χ1) is 8.09. The molecule has 17 heavy (non-hydrogen) atoms. The number of fused-ring (bicyclic) bond motifs is 1. The van der Waals surface area contributed by atoms with Crippen molar-refractivity contribution in [3.8, 4) is 0 Å². The smallest absolute Gasteiger partial charge is 0.309 e. The summed E-state index contributed by atoms with van der Waals surface area (Å²) in [6.45, 7) is 3.93. The van der Waals surface area contributed by atoms with E-state index in [4.69, 9.17) is 0 Å². The van der Waals surface area contributed by atoms with Gasteiger partial charge in [0.1, 0.15) is 0 Å². The van der Waals surface area contributed by atoms with Crippen LogP contribution >= 0.6 is 0 Å². The minimum absolute atomic E-state index is 0.0838. The van der Waals surface area contributed by atoms with Gasteiger partial charge < -0.3 is 10.2 Å². The van der Waals surface area contributed by atoms with Gasteiger partial charge in [-0.3, -0.25) is 9.69 Å². The first-order valence-electron chi connectivity index (χ1n) is 6.79. The molecule has 3 atom stereocenters. The number of rotatable bonds is 5. The Morgan fingerprint density at radius 2 is 2.29 bits per heavy atom. The Balaban J connectivity index is 2.13. The molecule has 0 saturated carbocycles. The van der Waals surface area contributed by atoms with Gasteiger partial charge in [0, 0.05) is 12.6 Å². The number of aliphatic hydroxyl groups is 1. The Bertz CT molecular complexity index is 294. The lowest BCUT2D eigenvalue weighted by Gasteiger charge is -2.35. The average Bonchev–Trinajstić information content (AvgIpc) is 2.84. The summed E-state index contributed by atoms with van der Waals surface area (Å²) >= 11 is 0. The van der Waals surface area contributed by atoms with Crippen molar-refractivity contribution in [2.24, 2.45) is 5.92 Å². The number of hydrogen-bond donors (Lipinski definition) is 2. The Morgan fingerprint density at radius 1 is 1.53 bits per heavy atom. The standard InChI is InChI=1S/C13H23NO3/c1-2-3-5-10(12(15)16)13(17)7-9-14-8-4-6-11(13)14/h10-11,17H,2-9H2,1H3,(H,15,16). The number of unbranched alkanes of at least 4 members (excludes halogenated alkanes) is 1. The van der Waals surface area contributed by atoms with Crippen molar-refractivity contribution in [2.75, 3.05) is 13.1 Å². The number of nitrogens with zero attached hydrogens (tertiary/aromatic N) is 1. The normalized spacial score (nSPS) is 34.8. The molecule has 2 aliphatic rings. The highest BCUT2D eigenvalue weighted by Crippen LogP contribution is 2.42. The molecule has 2 rings (SSSR count). The lowest BCUT2D eigenvalue weighted by molar-refractivity contribution is -0.154. The van der Waals surface area contributed by atoms with Crippen LogP contribution in [-0.4, -0.2) is 45.8 Å². The van der Waals surface area contributed by atoms with E-state index in [0.717, 1.165) is 38.8 Å². The van der Waals surface area contributed by atoms with Gasteiger partial charge in [-0.15, -0.1) is 0 Å². The summed E-state index contributed by atoms with van der Waals surface area (Å²) in [6.07, 6.45) is 5.13. The van der Waals surface area contributed by atoms with E-state index in [1.54, 1.807) is 0 Å². The quantitative estimate of drug-likeness (QED) is 0.765. The summed E-state index contributed by atoms with van der Waals surface area (Å²) in [7, 11) is 0. The number of carboxylic acid groups (broad SMARTS) is 1. The number of hydrogen-bond acceptors (Lipinski definition) is 3. The van der Waals surface area contributed by atoms with Gasteiger partial charge >= 0.3 is 5.97 Å². The molecule has 2 aliphatic heterocycles. The molecule has 3 unspecified atom stereocenters. The fraction of sp³-hybridized carbons (Fsp3) is 0.923. The molecule has 0 bridgehead atoms. The summed E-state index contributed by atoms with van der Waals surface area (Å²) in [4.78, 5) is 13.7. The van der Waals surface area contributed by atoms with Crippen molar-refractivity contribution in [2.45, 2.75) is 57.1 Å². The van der Waals surface area contributed by atoms with Crippen molar-refractivity contribution >= 4 is 5.97 Å². The van der Waals surface area contributed by atoms with E-state index in [0.29, 0.717) is 12.8 Å². The molecule has 0 radical (unpaired) electrons. The van der Waals surface area contributed by atoms with Crippen molar-refractivity contribution in [1.29, 1.82) is 0 Å². The predicted molar refractivity (Wildman–Crippen MR) is 64.8 cm³/mol. The molecule has 4 heteroatoms. The SMILES string of the molecule is CCCCC(C(=O)O)C1(O)CCN2CCCC21. The molecule has 98 valence electrons. The molecule has 2 fully saturated rings. The van der Waals surface area contributed by atoms with E-state index < -0.39 is 17.5 Å². The highest BCUT2D eigenvalue weighted by molar-refractivity contribution is 5.72. The van der Waals surface area contributed by atoms with Gasteiger partial charge in [-0.05, 0) is 32.2 Å². The van der Waals surface area contributed by atoms with Gasteiger partial charge in [-0.2, -0.15) is 0 Å². The van der Waals surface area contributed by atoms with Crippen LogP contribution in [0, 0.1) is 5.92 Å². The second kappa shape index (κ2) is 4.94. The van der Waals surface area contributed by atoms with Crippen molar-refractivity contribution in [3.05, 3.63) is 0 Å². The number of carbonyl (C=O) groups is 1. The number of aliphatic carboxylic acids is 1. The third-order valence-corrected chi connectivity index (χ3v) is 4.49. The molecule has 0 aliphatic carbocycles. The fourth-order valence-electron chi connectivity index (χ4n) is 3.55. The van der Waals surface area contributed by atoms with Crippen molar-refractivity contribution in [1.82, 2.24) is 4.90 Å². The van der Waals surface area contributed by atoms with Gasteiger partial charge in [0.25, 0.3) is 0 Å². The van der Waals surface area contributed by atoms with E-state index in [2.05, 4.69) is 11.8 Å². The summed E-state index contributed by atoms with van der Waals surface area (Å²) in [6, 6.07) is 0.0838. The van der Waals surface area contributed by atoms with Crippen LogP contribution in [0.5, 0.6) is 0 Å². The van der Waals surface area contributed by atoms with Crippen LogP contribution in [-0.2, 0) is 4.79 Å². The van der Waals surface area contributed by atoms with E-state index in [1.165, 1.54) is 0 Å². The van der Waals surface area contributed by atoms with E-state index in [1.807, 2.05) is 0 Å². The Hall–Kier alpha value is -0.610. The maximum atomic E-state index is 11.4. The monoisotopic (exact) mass is 241 g/mol. The number of carboxylic acids is 1. The Kier molecular flexibility index (Phi) is 3.73.